The Balaban J connectivity index is 1.56. The van der Waals surface area contributed by atoms with Gasteiger partial charge < -0.3 is 4.90 Å². The zero-order valence-corrected chi connectivity index (χ0v) is 17.0. The second kappa shape index (κ2) is 8.31. The van der Waals surface area contributed by atoms with E-state index in [4.69, 9.17) is 34.8 Å². The minimum absolute atomic E-state index is 0.00621. The molecular formula is C17H18Cl3N3O2S. The number of halogens is 3. The van der Waals surface area contributed by atoms with Crippen molar-refractivity contribution in [2.45, 2.75) is 4.90 Å². The van der Waals surface area contributed by atoms with Gasteiger partial charge in [-0.1, -0.05) is 34.8 Å². The quantitative estimate of drug-likeness (QED) is 0.719. The maximum atomic E-state index is 12.6. The van der Waals surface area contributed by atoms with E-state index in [1.54, 1.807) is 12.3 Å². The summed E-state index contributed by atoms with van der Waals surface area (Å²) in [6, 6.07) is 8.20. The summed E-state index contributed by atoms with van der Waals surface area (Å²) in [6.07, 6.45) is 1.63. The highest BCUT2D eigenvalue weighted by molar-refractivity contribution is 7.91. The first-order valence-corrected chi connectivity index (χ1v) is 10.9. The molecule has 0 aliphatic carbocycles. The number of benzene rings is 1. The summed E-state index contributed by atoms with van der Waals surface area (Å²) in [5.74, 6) is 0.888. The average Bonchev–Trinajstić information content (AvgIpc) is 2.63. The van der Waals surface area contributed by atoms with Crippen molar-refractivity contribution >= 4 is 50.5 Å². The monoisotopic (exact) mass is 433 g/mol. The minimum atomic E-state index is -3.48. The fourth-order valence-electron chi connectivity index (χ4n) is 2.83. The molecule has 26 heavy (non-hydrogen) atoms. The highest BCUT2D eigenvalue weighted by atomic mass is 35.5. The molecule has 2 aromatic rings. The van der Waals surface area contributed by atoms with E-state index in [-0.39, 0.29) is 15.7 Å². The molecule has 0 spiro atoms. The van der Waals surface area contributed by atoms with Gasteiger partial charge in [-0.3, -0.25) is 4.90 Å². The number of sulfone groups is 1. The maximum absolute atomic E-state index is 12.6. The molecule has 0 radical (unpaired) electrons. The van der Waals surface area contributed by atoms with Crippen LogP contribution in [0.4, 0.5) is 5.82 Å². The van der Waals surface area contributed by atoms with Gasteiger partial charge in [-0.25, -0.2) is 13.4 Å². The van der Waals surface area contributed by atoms with Gasteiger partial charge >= 0.3 is 0 Å². The molecule has 1 saturated heterocycles. The van der Waals surface area contributed by atoms with E-state index >= 15 is 0 Å². The molecule has 0 N–H and O–H groups in total. The third-order valence-electron chi connectivity index (χ3n) is 4.31. The van der Waals surface area contributed by atoms with Crippen LogP contribution in [0.25, 0.3) is 0 Å². The normalized spacial score (nSPS) is 16.0. The summed E-state index contributed by atoms with van der Waals surface area (Å²) in [5.41, 5.74) is 0. The third-order valence-corrected chi connectivity index (χ3v) is 6.94. The molecule has 1 aromatic heterocycles. The molecule has 0 atom stereocenters. The van der Waals surface area contributed by atoms with Crippen LogP contribution in [0.5, 0.6) is 0 Å². The number of hydrogen-bond acceptors (Lipinski definition) is 5. The summed E-state index contributed by atoms with van der Waals surface area (Å²) in [6.45, 7) is 3.55. The minimum Gasteiger partial charge on any atom is -0.354 e. The van der Waals surface area contributed by atoms with Crippen LogP contribution in [0, 0.1) is 0 Å². The number of piperazine rings is 1. The van der Waals surface area contributed by atoms with E-state index in [2.05, 4.69) is 14.8 Å². The first-order valence-electron chi connectivity index (χ1n) is 8.12. The molecular weight excluding hydrogens is 417 g/mol. The van der Waals surface area contributed by atoms with E-state index in [9.17, 15) is 8.42 Å². The molecule has 0 amide bonds. The molecule has 1 aliphatic heterocycles. The molecule has 3 rings (SSSR count). The van der Waals surface area contributed by atoms with Gasteiger partial charge in [-0.05, 0) is 30.3 Å². The number of pyridine rings is 1. The first kappa shape index (κ1) is 19.7. The Labute approximate surface area is 168 Å². The molecule has 2 heterocycles. The van der Waals surface area contributed by atoms with Crippen LogP contribution in [-0.2, 0) is 9.84 Å². The van der Waals surface area contributed by atoms with Crippen molar-refractivity contribution in [3.05, 3.63) is 51.6 Å². The van der Waals surface area contributed by atoms with Crippen molar-refractivity contribution in [2.75, 3.05) is 43.4 Å². The lowest BCUT2D eigenvalue weighted by atomic mass is 10.3. The highest BCUT2D eigenvalue weighted by Gasteiger charge is 2.23. The Kier molecular flexibility index (Phi) is 6.30. The van der Waals surface area contributed by atoms with Gasteiger partial charge in [0, 0.05) is 43.9 Å². The van der Waals surface area contributed by atoms with Gasteiger partial charge in [-0.15, -0.1) is 0 Å². The van der Waals surface area contributed by atoms with Crippen LogP contribution < -0.4 is 4.90 Å². The standard InChI is InChI=1S/C17H18Cl3N3O2S/c18-13-1-3-15(20)16(11-13)26(24,25)10-9-22-5-7-23(8-6-22)17-4-2-14(19)12-21-17/h1-4,11-12H,5-10H2. The molecule has 140 valence electrons. The second-order valence-corrected chi connectivity index (χ2v) is 9.41. The Morgan fingerprint density at radius 2 is 1.65 bits per heavy atom. The summed E-state index contributed by atoms with van der Waals surface area (Å²) < 4.78 is 25.1. The number of anilines is 1. The lowest BCUT2D eigenvalue weighted by molar-refractivity contribution is 0.271. The number of rotatable bonds is 5. The number of nitrogens with zero attached hydrogens (tertiary/aromatic N) is 3. The molecule has 1 aromatic carbocycles. The smallest absolute Gasteiger partial charge is 0.181 e. The van der Waals surface area contributed by atoms with Crippen LogP contribution in [0.1, 0.15) is 0 Å². The van der Waals surface area contributed by atoms with Crippen molar-refractivity contribution in [3.63, 3.8) is 0 Å². The number of aromatic nitrogens is 1. The van der Waals surface area contributed by atoms with Gasteiger partial charge in [0.05, 0.1) is 20.7 Å². The van der Waals surface area contributed by atoms with Crippen LogP contribution in [0.15, 0.2) is 41.4 Å². The average molecular weight is 435 g/mol. The number of hydrogen-bond donors (Lipinski definition) is 0. The zero-order valence-electron chi connectivity index (χ0n) is 13.9. The van der Waals surface area contributed by atoms with Gasteiger partial charge in [0.25, 0.3) is 0 Å². The molecule has 0 unspecified atom stereocenters. The van der Waals surface area contributed by atoms with E-state index in [1.165, 1.54) is 12.1 Å². The molecule has 5 nitrogen and oxygen atoms in total. The van der Waals surface area contributed by atoms with Crippen LogP contribution in [-0.4, -0.2) is 56.8 Å². The predicted molar refractivity (Wildman–Crippen MR) is 106 cm³/mol. The van der Waals surface area contributed by atoms with E-state index < -0.39 is 9.84 Å². The van der Waals surface area contributed by atoms with Gasteiger partial charge in [-0.2, -0.15) is 0 Å². The molecule has 1 aliphatic rings. The van der Waals surface area contributed by atoms with E-state index in [1.807, 2.05) is 12.1 Å². The Bertz CT molecular complexity index is 867. The SMILES string of the molecule is O=S(=O)(CCN1CCN(c2ccc(Cl)cn2)CC1)c1cc(Cl)ccc1Cl. The fraction of sp³-hybridized carbons (Fsp3) is 0.353. The van der Waals surface area contributed by atoms with E-state index in [0.29, 0.717) is 16.6 Å². The largest absolute Gasteiger partial charge is 0.354 e. The van der Waals surface area contributed by atoms with Gasteiger partial charge in [0.15, 0.2) is 9.84 Å². The Morgan fingerprint density at radius 1 is 0.962 bits per heavy atom. The lowest BCUT2D eigenvalue weighted by Gasteiger charge is -2.35. The molecule has 0 bridgehead atoms. The molecule has 0 saturated carbocycles. The van der Waals surface area contributed by atoms with Crippen LogP contribution in [0.3, 0.4) is 0 Å². The fourth-order valence-corrected chi connectivity index (χ4v) is 5.04. The topological polar surface area (TPSA) is 53.5 Å². The summed E-state index contributed by atoms with van der Waals surface area (Å²) in [4.78, 5) is 8.70. The molecule has 9 heteroatoms. The predicted octanol–water partition coefficient (Wildman–Crippen LogP) is 3.64. The Morgan fingerprint density at radius 3 is 2.31 bits per heavy atom. The van der Waals surface area contributed by atoms with Gasteiger partial charge in [0.1, 0.15) is 5.82 Å². The maximum Gasteiger partial charge on any atom is 0.181 e. The highest BCUT2D eigenvalue weighted by Crippen LogP contribution is 2.26. The summed E-state index contributed by atoms with van der Waals surface area (Å²) in [5, 5.41) is 1.17. The first-order chi connectivity index (χ1) is 12.3. The zero-order chi connectivity index (χ0) is 18.7. The van der Waals surface area contributed by atoms with E-state index in [0.717, 1.165) is 32.0 Å². The third kappa shape index (κ3) is 4.81. The van der Waals surface area contributed by atoms with Crippen molar-refractivity contribution in [2.24, 2.45) is 0 Å². The summed E-state index contributed by atoms with van der Waals surface area (Å²) in [7, 11) is -3.48. The van der Waals surface area contributed by atoms with Crippen molar-refractivity contribution in [1.82, 2.24) is 9.88 Å². The van der Waals surface area contributed by atoms with Crippen LogP contribution in [0.2, 0.25) is 15.1 Å². The Hall–Kier alpha value is -1.05. The lowest BCUT2D eigenvalue weighted by Crippen LogP contribution is -2.47. The molecule has 1 fully saturated rings. The second-order valence-electron chi connectivity index (χ2n) is 6.06. The van der Waals surface area contributed by atoms with Crippen molar-refractivity contribution in [1.29, 1.82) is 0 Å². The van der Waals surface area contributed by atoms with Crippen molar-refractivity contribution < 1.29 is 8.42 Å². The van der Waals surface area contributed by atoms with Crippen molar-refractivity contribution in [3.8, 4) is 0 Å². The summed E-state index contributed by atoms with van der Waals surface area (Å²) >= 11 is 17.8. The van der Waals surface area contributed by atoms with Crippen LogP contribution >= 0.6 is 34.8 Å². The van der Waals surface area contributed by atoms with Gasteiger partial charge in [0.2, 0.25) is 0 Å².